The van der Waals surface area contributed by atoms with Gasteiger partial charge in [0, 0.05) is 29.7 Å². The van der Waals surface area contributed by atoms with Crippen molar-refractivity contribution in [1.29, 1.82) is 0 Å². The summed E-state index contributed by atoms with van der Waals surface area (Å²) in [6, 6.07) is 5.81. The normalized spacial score (nSPS) is 12.0. The highest BCUT2D eigenvalue weighted by Gasteiger charge is 2.20. The Morgan fingerprint density at radius 3 is 2.48 bits per heavy atom. The topological polar surface area (TPSA) is 57.6 Å². The predicted molar refractivity (Wildman–Crippen MR) is 80.8 cm³/mol. The fraction of sp³-hybridized carbons (Fsp3) is 0.467. The molecular formula is C15H20FNO3S. The van der Waals surface area contributed by atoms with Gasteiger partial charge >= 0.3 is 5.97 Å². The van der Waals surface area contributed by atoms with Crippen LogP contribution in [-0.2, 0) is 9.59 Å². The number of amides is 1. The number of carbonyl (C=O) groups is 2. The van der Waals surface area contributed by atoms with E-state index in [0.717, 1.165) is 4.90 Å². The summed E-state index contributed by atoms with van der Waals surface area (Å²) < 4.78 is 12.8. The van der Waals surface area contributed by atoms with Crippen molar-refractivity contribution in [2.24, 2.45) is 0 Å². The smallest absolute Gasteiger partial charge is 0.305 e. The van der Waals surface area contributed by atoms with Gasteiger partial charge in [0.25, 0.3) is 0 Å². The molecule has 1 aromatic rings. The summed E-state index contributed by atoms with van der Waals surface area (Å²) in [6.07, 6.45) is 0.282. The molecule has 0 aliphatic carbocycles. The first-order chi connectivity index (χ1) is 9.93. The first kappa shape index (κ1) is 17.5. The summed E-state index contributed by atoms with van der Waals surface area (Å²) in [7, 11) is 0. The van der Waals surface area contributed by atoms with Crippen LogP contribution in [0.4, 0.5) is 4.39 Å². The number of benzene rings is 1. The third-order valence-electron chi connectivity index (χ3n) is 3.06. The van der Waals surface area contributed by atoms with Gasteiger partial charge in [-0.2, -0.15) is 0 Å². The molecule has 21 heavy (non-hydrogen) atoms. The maximum atomic E-state index is 12.8. The number of hydrogen-bond acceptors (Lipinski definition) is 3. The van der Waals surface area contributed by atoms with E-state index in [1.165, 1.54) is 23.9 Å². The maximum Gasteiger partial charge on any atom is 0.305 e. The van der Waals surface area contributed by atoms with Crippen molar-refractivity contribution < 1.29 is 19.1 Å². The van der Waals surface area contributed by atoms with Crippen LogP contribution in [0.15, 0.2) is 29.2 Å². The van der Waals surface area contributed by atoms with E-state index in [4.69, 9.17) is 5.11 Å². The lowest BCUT2D eigenvalue weighted by Gasteiger charge is -2.27. The second-order valence-electron chi connectivity index (χ2n) is 4.68. The Morgan fingerprint density at radius 1 is 1.33 bits per heavy atom. The molecule has 1 aromatic carbocycles. The molecular weight excluding hydrogens is 293 g/mol. The molecule has 0 aliphatic rings. The molecule has 0 aromatic heterocycles. The van der Waals surface area contributed by atoms with Crippen molar-refractivity contribution in [2.75, 3.05) is 12.3 Å². The third-order valence-corrected chi connectivity index (χ3v) is 4.08. The zero-order valence-corrected chi connectivity index (χ0v) is 13.0. The molecule has 0 saturated carbocycles. The Morgan fingerprint density at radius 2 is 1.95 bits per heavy atom. The summed E-state index contributed by atoms with van der Waals surface area (Å²) in [5, 5.41) is 8.78. The number of rotatable bonds is 8. The molecule has 1 N–H and O–H groups in total. The number of thioether (sulfide) groups is 1. The Balaban J connectivity index is 2.43. The van der Waals surface area contributed by atoms with Crippen molar-refractivity contribution in [3.8, 4) is 0 Å². The average molecular weight is 313 g/mol. The Labute approximate surface area is 128 Å². The van der Waals surface area contributed by atoms with Crippen molar-refractivity contribution in [3.05, 3.63) is 30.1 Å². The van der Waals surface area contributed by atoms with Crippen LogP contribution in [0.2, 0.25) is 0 Å². The monoisotopic (exact) mass is 313 g/mol. The molecule has 0 radical (unpaired) electrons. The summed E-state index contributed by atoms with van der Waals surface area (Å²) in [4.78, 5) is 25.3. The molecule has 0 spiro atoms. The minimum atomic E-state index is -0.908. The number of carbonyl (C=O) groups excluding carboxylic acids is 1. The molecule has 0 aliphatic heterocycles. The number of carboxylic acids is 1. The van der Waals surface area contributed by atoms with Crippen LogP contribution in [0.3, 0.4) is 0 Å². The minimum absolute atomic E-state index is 0.0509. The fourth-order valence-electron chi connectivity index (χ4n) is 2.03. The van der Waals surface area contributed by atoms with Crippen molar-refractivity contribution in [3.63, 3.8) is 0 Å². The van der Waals surface area contributed by atoms with Gasteiger partial charge in [0.1, 0.15) is 5.82 Å². The van der Waals surface area contributed by atoms with Crippen LogP contribution in [0.1, 0.15) is 26.7 Å². The maximum absolute atomic E-state index is 12.8. The summed E-state index contributed by atoms with van der Waals surface area (Å²) in [5.41, 5.74) is 0. The van der Waals surface area contributed by atoms with Gasteiger partial charge in [-0.1, -0.05) is 0 Å². The van der Waals surface area contributed by atoms with E-state index in [9.17, 15) is 14.0 Å². The van der Waals surface area contributed by atoms with Gasteiger partial charge in [-0.15, -0.1) is 11.8 Å². The summed E-state index contributed by atoms with van der Waals surface area (Å²) in [6.45, 7) is 4.07. The summed E-state index contributed by atoms with van der Waals surface area (Å²) >= 11 is 1.48. The van der Waals surface area contributed by atoms with Crippen LogP contribution in [0, 0.1) is 5.82 Å². The molecule has 1 rings (SSSR count). The SMILES string of the molecule is CCN(C(=O)CCSc1ccc(F)cc1)C(C)CC(=O)O. The molecule has 0 heterocycles. The third kappa shape index (κ3) is 6.16. The zero-order chi connectivity index (χ0) is 15.8. The van der Waals surface area contributed by atoms with E-state index in [1.807, 2.05) is 6.92 Å². The first-order valence-corrected chi connectivity index (χ1v) is 7.82. The lowest BCUT2D eigenvalue weighted by atomic mass is 10.2. The van der Waals surface area contributed by atoms with Crippen molar-refractivity contribution >= 4 is 23.6 Å². The second kappa shape index (κ2) is 8.67. The Hall–Kier alpha value is -1.56. The number of carboxylic acid groups (broad SMARTS) is 1. The van der Waals surface area contributed by atoms with Crippen molar-refractivity contribution in [2.45, 2.75) is 37.6 Å². The highest BCUT2D eigenvalue weighted by molar-refractivity contribution is 7.99. The van der Waals surface area contributed by atoms with Gasteiger partial charge in [-0.25, -0.2) is 4.39 Å². The lowest BCUT2D eigenvalue weighted by molar-refractivity contribution is -0.140. The van der Waals surface area contributed by atoms with E-state index in [1.54, 1.807) is 24.0 Å². The van der Waals surface area contributed by atoms with Crippen molar-refractivity contribution in [1.82, 2.24) is 4.90 Å². The molecule has 1 unspecified atom stereocenters. The largest absolute Gasteiger partial charge is 0.481 e. The average Bonchev–Trinajstić information content (AvgIpc) is 2.41. The van der Waals surface area contributed by atoms with E-state index >= 15 is 0 Å². The Bertz CT molecular complexity index is 478. The number of halogens is 1. The highest BCUT2D eigenvalue weighted by Crippen LogP contribution is 2.19. The quantitative estimate of drug-likeness (QED) is 0.750. The molecule has 6 heteroatoms. The molecule has 1 atom stereocenters. The van der Waals surface area contributed by atoms with E-state index in [-0.39, 0.29) is 24.2 Å². The summed E-state index contributed by atoms with van der Waals surface area (Å²) in [5.74, 6) is -0.661. The fourth-order valence-corrected chi connectivity index (χ4v) is 2.87. The van der Waals surface area contributed by atoms with Gasteiger partial charge in [0.2, 0.25) is 5.91 Å². The molecule has 4 nitrogen and oxygen atoms in total. The van der Waals surface area contributed by atoms with Gasteiger partial charge in [0.05, 0.1) is 6.42 Å². The van der Waals surface area contributed by atoms with Crippen LogP contribution in [0.5, 0.6) is 0 Å². The minimum Gasteiger partial charge on any atom is -0.481 e. The lowest BCUT2D eigenvalue weighted by Crippen LogP contribution is -2.39. The standard InChI is InChI=1S/C15H20FNO3S/c1-3-17(11(2)10-15(19)20)14(18)8-9-21-13-6-4-12(16)5-7-13/h4-7,11H,3,8-10H2,1-2H3,(H,19,20). The van der Waals surface area contributed by atoms with E-state index < -0.39 is 5.97 Å². The zero-order valence-electron chi connectivity index (χ0n) is 12.2. The number of nitrogens with zero attached hydrogens (tertiary/aromatic N) is 1. The molecule has 1 amide bonds. The molecule has 116 valence electrons. The van der Waals surface area contributed by atoms with Gasteiger partial charge in [0.15, 0.2) is 0 Å². The Kier molecular flexibility index (Phi) is 7.22. The van der Waals surface area contributed by atoms with E-state index in [0.29, 0.717) is 18.7 Å². The first-order valence-electron chi connectivity index (χ1n) is 6.83. The second-order valence-corrected chi connectivity index (χ2v) is 5.85. The van der Waals surface area contributed by atoms with Gasteiger partial charge in [-0.05, 0) is 38.1 Å². The number of aliphatic carboxylic acids is 1. The van der Waals surface area contributed by atoms with Gasteiger partial charge < -0.3 is 10.0 Å². The number of hydrogen-bond donors (Lipinski definition) is 1. The van der Waals surface area contributed by atoms with Gasteiger partial charge in [-0.3, -0.25) is 9.59 Å². The van der Waals surface area contributed by atoms with Crippen LogP contribution < -0.4 is 0 Å². The molecule has 0 bridgehead atoms. The molecule has 0 saturated heterocycles. The molecule has 0 fully saturated rings. The van der Waals surface area contributed by atoms with Crippen LogP contribution in [-0.4, -0.2) is 40.2 Å². The highest BCUT2D eigenvalue weighted by atomic mass is 32.2. The van der Waals surface area contributed by atoms with Crippen LogP contribution in [0.25, 0.3) is 0 Å². The predicted octanol–water partition coefficient (Wildman–Crippen LogP) is 3.02. The van der Waals surface area contributed by atoms with E-state index in [2.05, 4.69) is 0 Å². The van der Waals surface area contributed by atoms with Crippen LogP contribution >= 0.6 is 11.8 Å².